The average Bonchev–Trinajstić information content (AvgIpc) is 3.14. The van der Waals surface area contributed by atoms with Gasteiger partial charge in [-0.3, -0.25) is 0 Å². The van der Waals surface area contributed by atoms with E-state index >= 15 is 0 Å². The van der Waals surface area contributed by atoms with Crippen LogP contribution in [0.1, 0.15) is 37.4 Å². The number of halogens is 1. The SMILES string of the molecule is CCNC(=NCc1coc(-c2ccc(C)cc2)n1)NCCS(=O)(=O)NCC1CCC1.I. The highest BCUT2D eigenvalue weighted by Gasteiger charge is 2.20. The molecule has 1 saturated carbocycles. The van der Waals surface area contributed by atoms with Gasteiger partial charge in [-0.25, -0.2) is 23.1 Å². The van der Waals surface area contributed by atoms with Gasteiger partial charge in [0.25, 0.3) is 0 Å². The molecule has 3 rings (SSSR count). The Labute approximate surface area is 201 Å². The molecule has 3 N–H and O–H groups in total. The van der Waals surface area contributed by atoms with Gasteiger partial charge in [0.2, 0.25) is 15.9 Å². The van der Waals surface area contributed by atoms with Gasteiger partial charge < -0.3 is 15.1 Å². The van der Waals surface area contributed by atoms with Crippen molar-refractivity contribution in [3.8, 4) is 11.5 Å². The fraction of sp³-hybridized carbons (Fsp3) is 0.524. The van der Waals surface area contributed by atoms with Crippen molar-refractivity contribution in [1.29, 1.82) is 0 Å². The summed E-state index contributed by atoms with van der Waals surface area (Å²) in [7, 11) is -3.28. The lowest BCUT2D eigenvalue weighted by Gasteiger charge is -2.25. The Balaban J connectivity index is 0.00000341. The normalized spacial score (nSPS) is 14.6. The number of sulfonamides is 1. The minimum Gasteiger partial charge on any atom is -0.444 e. The molecule has 1 fully saturated rings. The first kappa shape index (κ1) is 25.6. The van der Waals surface area contributed by atoms with Gasteiger partial charge in [-0.05, 0) is 44.7 Å². The lowest BCUT2D eigenvalue weighted by molar-refractivity contribution is 0.316. The van der Waals surface area contributed by atoms with Crippen molar-refractivity contribution < 1.29 is 12.8 Å². The summed E-state index contributed by atoms with van der Waals surface area (Å²) in [6, 6.07) is 7.97. The summed E-state index contributed by atoms with van der Waals surface area (Å²) in [5.41, 5.74) is 2.80. The first-order valence-corrected chi connectivity index (χ1v) is 12.1. The third-order valence-corrected chi connectivity index (χ3v) is 6.42. The number of hydrogen-bond donors (Lipinski definition) is 3. The van der Waals surface area contributed by atoms with Crippen LogP contribution < -0.4 is 15.4 Å². The minimum atomic E-state index is -3.28. The van der Waals surface area contributed by atoms with Gasteiger partial charge >= 0.3 is 0 Å². The summed E-state index contributed by atoms with van der Waals surface area (Å²) in [6.07, 6.45) is 5.03. The van der Waals surface area contributed by atoms with Crippen molar-refractivity contribution in [3.05, 3.63) is 41.8 Å². The van der Waals surface area contributed by atoms with E-state index in [1.165, 1.54) is 12.0 Å². The van der Waals surface area contributed by atoms with E-state index in [4.69, 9.17) is 4.42 Å². The first-order valence-electron chi connectivity index (χ1n) is 10.5. The van der Waals surface area contributed by atoms with Gasteiger partial charge in [0.1, 0.15) is 12.0 Å². The van der Waals surface area contributed by atoms with Gasteiger partial charge in [0, 0.05) is 25.2 Å². The number of aliphatic imine (C=N–C) groups is 1. The molecule has 0 bridgehead atoms. The highest BCUT2D eigenvalue weighted by Crippen LogP contribution is 2.25. The predicted octanol–water partition coefficient (Wildman–Crippen LogP) is 3.04. The van der Waals surface area contributed by atoms with Gasteiger partial charge in [0.15, 0.2) is 5.96 Å². The van der Waals surface area contributed by atoms with Gasteiger partial charge in [-0.15, -0.1) is 24.0 Å². The van der Waals surface area contributed by atoms with Crippen LogP contribution in [0.5, 0.6) is 0 Å². The van der Waals surface area contributed by atoms with E-state index in [0.29, 0.717) is 43.1 Å². The maximum Gasteiger partial charge on any atom is 0.226 e. The molecular formula is C21H32IN5O3S. The summed E-state index contributed by atoms with van der Waals surface area (Å²) in [5.74, 6) is 1.61. The summed E-state index contributed by atoms with van der Waals surface area (Å²) >= 11 is 0. The standard InChI is InChI=1S/C21H31N5O3S.HI/c1-3-22-21(23-11-12-30(27,28)25-13-17-5-4-6-17)24-14-19-15-29-20(26-19)18-9-7-16(2)8-10-18;/h7-10,15,17,25H,3-6,11-14H2,1-2H3,(H2,22,23,24);1H. The lowest BCUT2D eigenvalue weighted by Crippen LogP contribution is -2.42. The largest absolute Gasteiger partial charge is 0.444 e. The van der Waals surface area contributed by atoms with Crippen LogP contribution in [0.3, 0.4) is 0 Å². The van der Waals surface area contributed by atoms with E-state index in [0.717, 1.165) is 18.4 Å². The Bertz CT molecular complexity index is 940. The summed E-state index contributed by atoms with van der Waals surface area (Å²) < 4.78 is 32.5. The van der Waals surface area contributed by atoms with Crippen LogP contribution in [0.4, 0.5) is 0 Å². The van der Waals surface area contributed by atoms with E-state index in [9.17, 15) is 8.42 Å². The molecule has 10 heteroatoms. The third-order valence-electron chi connectivity index (χ3n) is 5.07. The molecule has 8 nitrogen and oxygen atoms in total. The molecule has 0 amide bonds. The second kappa shape index (κ2) is 12.4. The van der Waals surface area contributed by atoms with E-state index in [2.05, 4.69) is 25.3 Å². The molecule has 1 aromatic carbocycles. The van der Waals surface area contributed by atoms with Crippen LogP contribution in [0.25, 0.3) is 11.5 Å². The van der Waals surface area contributed by atoms with Crippen LogP contribution in [-0.2, 0) is 16.6 Å². The van der Waals surface area contributed by atoms with Crippen LogP contribution in [0.2, 0.25) is 0 Å². The molecule has 0 unspecified atom stereocenters. The molecule has 1 aliphatic carbocycles. The number of oxazole rings is 1. The maximum absolute atomic E-state index is 12.1. The van der Waals surface area contributed by atoms with Crippen LogP contribution in [-0.4, -0.2) is 44.7 Å². The van der Waals surface area contributed by atoms with E-state index < -0.39 is 10.0 Å². The Hall–Kier alpha value is -1.66. The molecule has 172 valence electrons. The van der Waals surface area contributed by atoms with Crippen LogP contribution in [0, 0.1) is 12.8 Å². The Kier molecular flexibility index (Phi) is 10.2. The molecule has 2 aromatic rings. The first-order chi connectivity index (χ1) is 14.4. The fourth-order valence-electron chi connectivity index (χ4n) is 3.03. The number of guanidine groups is 1. The molecule has 0 atom stereocenters. The summed E-state index contributed by atoms with van der Waals surface area (Å²) in [6.45, 7) is 5.82. The molecule has 1 aliphatic rings. The van der Waals surface area contributed by atoms with Crippen LogP contribution in [0.15, 0.2) is 39.9 Å². The van der Waals surface area contributed by atoms with Gasteiger partial charge in [-0.1, -0.05) is 24.1 Å². The van der Waals surface area contributed by atoms with E-state index in [1.54, 1.807) is 6.26 Å². The molecule has 1 aromatic heterocycles. The van der Waals surface area contributed by atoms with Crippen molar-refractivity contribution in [3.63, 3.8) is 0 Å². The molecular weight excluding hydrogens is 529 g/mol. The summed E-state index contributed by atoms with van der Waals surface area (Å²) in [5, 5.41) is 6.19. The Morgan fingerprint density at radius 3 is 2.61 bits per heavy atom. The van der Waals surface area contributed by atoms with Crippen molar-refractivity contribution in [2.75, 3.05) is 25.4 Å². The predicted molar refractivity (Wildman–Crippen MR) is 134 cm³/mol. The number of nitrogens with one attached hydrogen (secondary N) is 3. The average molecular weight is 561 g/mol. The zero-order valence-corrected chi connectivity index (χ0v) is 21.2. The summed E-state index contributed by atoms with van der Waals surface area (Å²) in [4.78, 5) is 8.96. The van der Waals surface area contributed by atoms with Crippen molar-refractivity contribution in [2.24, 2.45) is 10.9 Å². The second-order valence-electron chi connectivity index (χ2n) is 7.60. The van der Waals surface area contributed by atoms with E-state index in [1.807, 2.05) is 38.1 Å². The quantitative estimate of drug-likeness (QED) is 0.234. The van der Waals surface area contributed by atoms with Crippen molar-refractivity contribution in [1.82, 2.24) is 20.3 Å². The topological polar surface area (TPSA) is 109 Å². The Morgan fingerprint density at radius 1 is 1.23 bits per heavy atom. The minimum absolute atomic E-state index is 0. The lowest BCUT2D eigenvalue weighted by atomic mass is 9.86. The highest BCUT2D eigenvalue weighted by molar-refractivity contribution is 14.0. The van der Waals surface area contributed by atoms with Crippen molar-refractivity contribution in [2.45, 2.75) is 39.7 Å². The van der Waals surface area contributed by atoms with Gasteiger partial charge in [-0.2, -0.15) is 0 Å². The monoisotopic (exact) mass is 561 g/mol. The number of aryl methyl sites for hydroxylation is 1. The zero-order chi connectivity index (χ0) is 21.4. The smallest absolute Gasteiger partial charge is 0.226 e. The zero-order valence-electron chi connectivity index (χ0n) is 18.1. The van der Waals surface area contributed by atoms with E-state index in [-0.39, 0.29) is 36.3 Å². The van der Waals surface area contributed by atoms with Gasteiger partial charge in [0.05, 0.1) is 12.3 Å². The third kappa shape index (κ3) is 8.41. The van der Waals surface area contributed by atoms with Crippen molar-refractivity contribution >= 4 is 40.0 Å². The number of benzene rings is 1. The molecule has 0 spiro atoms. The molecule has 0 aliphatic heterocycles. The number of aromatic nitrogens is 1. The van der Waals surface area contributed by atoms with Crippen LogP contribution >= 0.6 is 24.0 Å². The Morgan fingerprint density at radius 2 is 1.97 bits per heavy atom. The number of rotatable bonds is 10. The molecule has 1 heterocycles. The molecule has 0 saturated heterocycles. The highest BCUT2D eigenvalue weighted by atomic mass is 127. The number of hydrogen-bond acceptors (Lipinski definition) is 5. The molecule has 0 radical (unpaired) electrons. The maximum atomic E-state index is 12.1. The second-order valence-corrected chi connectivity index (χ2v) is 9.52. The number of nitrogens with zero attached hydrogens (tertiary/aromatic N) is 2. The molecule has 31 heavy (non-hydrogen) atoms. The fourth-order valence-corrected chi connectivity index (χ4v) is 4.03.